The Kier molecular flexibility index (Phi) is 10.2. The second kappa shape index (κ2) is 16.7. The molecule has 61 heavy (non-hydrogen) atoms. The highest BCUT2D eigenvalue weighted by molar-refractivity contribution is 6.33. The predicted molar refractivity (Wildman–Crippen MR) is 247 cm³/mol. The summed E-state index contributed by atoms with van der Waals surface area (Å²) < 4.78 is 0. The van der Waals surface area contributed by atoms with E-state index < -0.39 is 0 Å². The van der Waals surface area contributed by atoms with Gasteiger partial charge in [0.15, 0.2) is 34.9 Å². The van der Waals surface area contributed by atoms with E-state index in [1.165, 1.54) is 0 Å². The molecule has 2 aromatic heterocycles. The van der Waals surface area contributed by atoms with E-state index in [9.17, 15) is 0 Å². The van der Waals surface area contributed by atoms with Gasteiger partial charge in [-0.25, -0.2) is 29.9 Å². The molecular weight excluding hydrogens is 768 g/mol. The molecular formula is C54H35ClN6. The van der Waals surface area contributed by atoms with E-state index in [4.69, 9.17) is 41.5 Å². The zero-order valence-corrected chi connectivity index (χ0v) is 33.5. The van der Waals surface area contributed by atoms with E-state index >= 15 is 0 Å². The predicted octanol–water partition coefficient (Wildman–Crippen LogP) is 13.7. The van der Waals surface area contributed by atoms with E-state index in [-0.39, 0.29) is 0 Å². The lowest BCUT2D eigenvalue weighted by atomic mass is 9.90. The largest absolute Gasteiger partial charge is 0.208 e. The van der Waals surface area contributed by atoms with Crippen LogP contribution in [0.2, 0.25) is 5.02 Å². The molecule has 8 aromatic carbocycles. The van der Waals surface area contributed by atoms with E-state index in [0.29, 0.717) is 40.0 Å². The van der Waals surface area contributed by atoms with Crippen LogP contribution >= 0.6 is 11.6 Å². The normalized spacial score (nSPS) is 11.0. The number of hydrogen-bond acceptors (Lipinski definition) is 6. The van der Waals surface area contributed by atoms with Gasteiger partial charge in [0.2, 0.25) is 0 Å². The van der Waals surface area contributed by atoms with Crippen LogP contribution in [-0.2, 0) is 0 Å². The second-order valence-corrected chi connectivity index (χ2v) is 14.9. The maximum Gasteiger partial charge on any atom is 0.165 e. The molecule has 7 heteroatoms. The van der Waals surface area contributed by atoms with Gasteiger partial charge in [0, 0.05) is 33.4 Å². The minimum Gasteiger partial charge on any atom is -0.208 e. The lowest BCUT2D eigenvalue weighted by Crippen LogP contribution is -2.02. The van der Waals surface area contributed by atoms with Gasteiger partial charge in [-0.1, -0.05) is 194 Å². The fourth-order valence-corrected chi connectivity index (χ4v) is 7.74. The second-order valence-electron chi connectivity index (χ2n) is 14.4. The summed E-state index contributed by atoms with van der Waals surface area (Å²) in [6.07, 6.45) is 0. The van der Waals surface area contributed by atoms with Crippen molar-refractivity contribution in [2.75, 3.05) is 0 Å². The molecule has 0 saturated heterocycles. The van der Waals surface area contributed by atoms with Crippen molar-refractivity contribution in [3.05, 3.63) is 217 Å². The Bertz CT molecular complexity index is 3080. The number of hydrogen-bond donors (Lipinski definition) is 0. The third kappa shape index (κ3) is 7.84. The van der Waals surface area contributed by atoms with Crippen LogP contribution in [0, 0.1) is 0 Å². The molecule has 2 heterocycles. The molecule has 6 nitrogen and oxygen atoms in total. The van der Waals surface area contributed by atoms with Gasteiger partial charge in [-0.15, -0.1) is 0 Å². The van der Waals surface area contributed by atoms with Crippen molar-refractivity contribution in [2.45, 2.75) is 0 Å². The Morgan fingerprint density at radius 2 is 0.492 bits per heavy atom. The average molecular weight is 803 g/mol. The Morgan fingerprint density at radius 3 is 0.951 bits per heavy atom. The van der Waals surface area contributed by atoms with E-state index in [2.05, 4.69) is 78.9 Å². The maximum atomic E-state index is 6.77. The first-order valence-corrected chi connectivity index (χ1v) is 20.4. The van der Waals surface area contributed by atoms with Crippen molar-refractivity contribution in [1.29, 1.82) is 0 Å². The molecule has 0 amide bonds. The van der Waals surface area contributed by atoms with Crippen LogP contribution in [0.1, 0.15) is 0 Å². The fraction of sp³-hybridized carbons (Fsp3) is 0. The van der Waals surface area contributed by atoms with Crippen LogP contribution in [0.3, 0.4) is 0 Å². The SMILES string of the molecule is Clc1ccccc1-c1nc(-c2ccccc2)nc(-c2ccccc2-c2cc(-c3nc(-c4ccccc4)nc(-c4ccccc4)n3)cc(-c3ccccc3-c3ccccc3)c2)n1. The van der Waals surface area contributed by atoms with Gasteiger partial charge in [0.05, 0.1) is 5.02 Å². The van der Waals surface area contributed by atoms with Crippen LogP contribution < -0.4 is 0 Å². The first kappa shape index (κ1) is 37.3. The number of halogens is 1. The van der Waals surface area contributed by atoms with Crippen molar-refractivity contribution in [3.8, 4) is 102 Å². The standard InChI is InChI=1S/C54H35ClN6/c55-48-32-18-17-31-47(48)54-60-51(39-25-11-4-12-26-39)59-53(61-54)46-30-16-15-29-45(46)41-33-40(44-28-14-13-27-43(44)36-19-5-1-6-20-36)34-42(35-41)52-57-49(37-21-7-2-8-22-37)56-50(58-52)38-23-9-3-10-24-38/h1-35H. The molecule has 0 unspecified atom stereocenters. The Labute approximate surface area is 359 Å². The zero-order valence-electron chi connectivity index (χ0n) is 32.8. The van der Waals surface area contributed by atoms with Gasteiger partial charge in [0.25, 0.3) is 0 Å². The van der Waals surface area contributed by atoms with Gasteiger partial charge in [0.1, 0.15) is 0 Å². The summed E-state index contributed by atoms with van der Waals surface area (Å²) in [6, 6.07) is 71.4. The van der Waals surface area contributed by atoms with Gasteiger partial charge in [-0.05, 0) is 63.7 Å². The number of nitrogens with zero attached hydrogens (tertiary/aromatic N) is 6. The first-order valence-electron chi connectivity index (χ1n) is 20.0. The molecule has 0 saturated carbocycles. The highest BCUT2D eigenvalue weighted by atomic mass is 35.5. The highest BCUT2D eigenvalue weighted by Crippen LogP contribution is 2.40. The molecule has 0 aliphatic carbocycles. The molecule has 0 atom stereocenters. The molecule has 10 rings (SSSR count). The third-order valence-electron chi connectivity index (χ3n) is 10.5. The van der Waals surface area contributed by atoms with Crippen molar-refractivity contribution in [1.82, 2.24) is 29.9 Å². The van der Waals surface area contributed by atoms with Crippen molar-refractivity contribution in [3.63, 3.8) is 0 Å². The zero-order chi connectivity index (χ0) is 41.0. The summed E-state index contributed by atoms with van der Waals surface area (Å²) in [5, 5.41) is 0.559. The first-order chi connectivity index (χ1) is 30.1. The topological polar surface area (TPSA) is 77.3 Å². The summed E-state index contributed by atoms with van der Waals surface area (Å²) in [7, 11) is 0. The van der Waals surface area contributed by atoms with Crippen LogP contribution in [0.5, 0.6) is 0 Å². The number of rotatable bonds is 9. The third-order valence-corrected chi connectivity index (χ3v) is 10.8. The average Bonchev–Trinajstić information content (AvgIpc) is 3.35. The molecule has 0 radical (unpaired) electrons. The van der Waals surface area contributed by atoms with E-state index in [1.807, 2.05) is 133 Å². The minimum absolute atomic E-state index is 0.488. The van der Waals surface area contributed by atoms with Crippen molar-refractivity contribution < 1.29 is 0 Å². The molecule has 0 spiro atoms. The summed E-state index contributed by atoms with van der Waals surface area (Å²) in [5.74, 6) is 3.29. The lowest BCUT2D eigenvalue weighted by Gasteiger charge is -2.16. The molecule has 288 valence electrons. The fourth-order valence-electron chi connectivity index (χ4n) is 7.52. The van der Waals surface area contributed by atoms with Gasteiger partial charge in [-0.3, -0.25) is 0 Å². The summed E-state index contributed by atoms with van der Waals surface area (Å²) in [6.45, 7) is 0. The van der Waals surface area contributed by atoms with Gasteiger partial charge >= 0.3 is 0 Å². The van der Waals surface area contributed by atoms with Crippen LogP contribution in [-0.4, -0.2) is 29.9 Å². The molecule has 0 aliphatic heterocycles. The Morgan fingerprint density at radius 1 is 0.213 bits per heavy atom. The Balaban J connectivity index is 1.22. The monoisotopic (exact) mass is 802 g/mol. The maximum absolute atomic E-state index is 6.77. The summed E-state index contributed by atoms with van der Waals surface area (Å²) in [4.78, 5) is 30.5. The molecule has 0 N–H and O–H groups in total. The van der Waals surface area contributed by atoms with Crippen molar-refractivity contribution >= 4 is 11.6 Å². The number of aromatic nitrogens is 6. The number of benzene rings is 8. The summed E-state index contributed by atoms with van der Waals surface area (Å²) >= 11 is 6.77. The Hall–Kier alpha value is -7.93. The quantitative estimate of drug-likeness (QED) is 0.145. The summed E-state index contributed by atoms with van der Waals surface area (Å²) in [5.41, 5.74) is 11.2. The molecule has 0 fully saturated rings. The molecule has 0 bridgehead atoms. The van der Waals surface area contributed by atoms with E-state index in [1.54, 1.807) is 0 Å². The molecule has 10 aromatic rings. The van der Waals surface area contributed by atoms with Crippen LogP contribution in [0.15, 0.2) is 212 Å². The minimum atomic E-state index is 0.488. The van der Waals surface area contributed by atoms with Crippen LogP contribution in [0.4, 0.5) is 0 Å². The van der Waals surface area contributed by atoms with Gasteiger partial charge < -0.3 is 0 Å². The van der Waals surface area contributed by atoms with Crippen LogP contribution in [0.25, 0.3) is 102 Å². The van der Waals surface area contributed by atoms with Crippen molar-refractivity contribution in [2.24, 2.45) is 0 Å². The van der Waals surface area contributed by atoms with E-state index in [0.717, 1.165) is 66.8 Å². The molecule has 0 aliphatic rings. The lowest BCUT2D eigenvalue weighted by molar-refractivity contribution is 1.07. The van der Waals surface area contributed by atoms with Gasteiger partial charge in [-0.2, -0.15) is 0 Å². The smallest absolute Gasteiger partial charge is 0.165 e. The highest BCUT2D eigenvalue weighted by Gasteiger charge is 2.20.